The fourth-order valence-electron chi connectivity index (χ4n) is 1.75. The van der Waals surface area contributed by atoms with E-state index in [9.17, 15) is 0 Å². The fraction of sp³-hybridized carbons (Fsp3) is 0. The quantitative estimate of drug-likeness (QED) is 0.626. The molecule has 0 saturated heterocycles. The van der Waals surface area contributed by atoms with E-state index < -0.39 is 0 Å². The molecule has 106 valence electrons. The molecule has 0 spiro atoms. The molecule has 0 aromatic carbocycles. The van der Waals surface area contributed by atoms with E-state index >= 15 is 0 Å². The van der Waals surface area contributed by atoms with Crippen LogP contribution in [0.2, 0.25) is 0 Å². The maximum absolute atomic E-state index is 5.41. The summed E-state index contributed by atoms with van der Waals surface area (Å²) in [6.45, 7) is 3.74. The van der Waals surface area contributed by atoms with Crippen molar-refractivity contribution >= 4 is 44.8 Å². The summed E-state index contributed by atoms with van der Waals surface area (Å²) >= 11 is 0. The van der Waals surface area contributed by atoms with Crippen LogP contribution < -0.4 is 5.73 Å². The zero-order chi connectivity index (χ0) is 14.7. The van der Waals surface area contributed by atoms with Crippen LogP contribution >= 0.6 is 21.6 Å². The van der Waals surface area contributed by atoms with Gasteiger partial charge in [-0.05, 0) is 46.0 Å². The summed E-state index contributed by atoms with van der Waals surface area (Å²) in [7, 11) is 2.97. The number of nitrogens with two attached hydrogens (primary N) is 1. The number of rotatable bonds is 5. The van der Waals surface area contributed by atoms with Crippen LogP contribution in [0.25, 0.3) is 23.2 Å². The number of fused-ring (bicyclic) bond motifs is 1. The van der Waals surface area contributed by atoms with Crippen LogP contribution in [0.3, 0.4) is 0 Å². The number of hydrogen-bond acceptors (Lipinski definition) is 6. The first-order valence-corrected chi connectivity index (χ1v) is 8.20. The number of H-pyrrole nitrogens is 2. The van der Waals surface area contributed by atoms with Gasteiger partial charge in [0.05, 0.1) is 28.6 Å². The molecule has 0 fully saturated rings. The lowest BCUT2D eigenvalue weighted by molar-refractivity contribution is 1.06. The van der Waals surface area contributed by atoms with Crippen molar-refractivity contribution < 1.29 is 0 Å². The highest BCUT2D eigenvalue weighted by Crippen LogP contribution is 2.35. The molecule has 8 heteroatoms. The predicted octanol–water partition coefficient (Wildman–Crippen LogP) is 3.05. The Morgan fingerprint density at radius 3 is 2.71 bits per heavy atom. The molecule has 3 rings (SSSR count). The molecular formula is C13H12N6S2. The molecule has 0 amide bonds. The number of aromatic amines is 2. The molecule has 0 aliphatic heterocycles. The summed E-state index contributed by atoms with van der Waals surface area (Å²) in [5, 5.41) is 1.57. The van der Waals surface area contributed by atoms with E-state index in [1.54, 1.807) is 24.5 Å². The maximum Gasteiger partial charge on any atom is 0.177 e. The Balaban J connectivity index is 1.76. The van der Waals surface area contributed by atoms with E-state index in [0.29, 0.717) is 0 Å². The van der Waals surface area contributed by atoms with Crippen LogP contribution in [-0.4, -0.2) is 24.9 Å². The minimum Gasteiger partial charge on any atom is -0.405 e. The van der Waals surface area contributed by atoms with Crippen molar-refractivity contribution in [1.82, 2.24) is 24.9 Å². The number of aromatic nitrogens is 5. The first-order valence-electron chi connectivity index (χ1n) is 6.05. The summed E-state index contributed by atoms with van der Waals surface area (Å²) in [6, 6.07) is 1.87. The van der Waals surface area contributed by atoms with Crippen molar-refractivity contribution in [2.24, 2.45) is 5.73 Å². The summed E-state index contributed by atoms with van der Waals surface area (Å²) in [4.78, 5) is 19.3. The van der Waals surface area contributed by atoms with Crippen molar-refractivity contribution in [2.75, 3.05) is 0 Å². The second kappa shape index (κ2) is 6.06. The van der Waals surface area contributed by atoms with Crippen molar-refractivity contribution in [3.05, 3.63) is 42.6 Å². The molecular weight excluding hydrogens is 304 g/mol. The molecule has 0 bridgehead atoms. The summed E-state index contributed by atoms with van der Waals surface area (Å²) in [5.41, 5.74) is 8.83. The molecule has 6 nitrogen and oxygen atoms in total. The van der Waals surface area contributed by atoms with Gasteiger partial charge in [0.2, 0.25) is 0 Å². The second-order valence-electron chi connectivity index (χ2n) is 4.01. The highest BCUT2D eigenvalue weighted by atomic mass is 33.1. The van der Waals surface area contributed by atoms with E-state index in [2.05, 4.69) is 31.5 Å². The van der Waals surface area contributed by atoms with Gasteiger partial charge in [-0.2, -0.15) is 0 Å². The van der Waals surface area contributed by atoms with Gasteiger partial charge in [-0.1, -0.05) is 6.58 Å². The van der Waals surface area contributed by atoms with Crippen LogP contribution in [0.1, 0.15) is 11.4 Å². The van der Waals surface area contributed by atoms with Crippen LogP contribution in [0.15, 0.2) is 41.6 Å². The number of imidazole rings is 2. The minimum atomic E-state index is 0.765. The van der Waals surface area contributed by atoms with Crippen LogP contribution in [0.4, 0.5) is 0 Å². The van der Waals surface area contributed by atoms with Gasteiger partial charge >= 0.3 is 0 Å². The molecule has 3 aromatic heterocycles. The van der Waals surface area contributed by atoms with Crippen molar-refractivity contribution in [3.8, 4) is 0 Å². The van der Waals surface area contributed by atoms with Gasteiger partial charge in [0, 0.05) is 6.20 Å². The van der Waals surface area contributed by atoms with Crippen molar-refractivity contribution in [3.63, 3.8) is 0 Å². The minimum absolute atomic E-state index is 0.765. The number of nitrogens with one attached hydrogen (secondary N) is 2. The Hall–Kier alpha value is -2.19. The average molecular weight is 316 g/mol. The third kappa shape index (κ3) is 2.96. The summed E-state index contributed by atoms with van der Waals surface area (Å²) in [6.07, 6.45) is 8.39. The standard InChI is InChI=1S/C13H12N6S2/c1-2-8-9(3-5-14)17-12(16-8)20-21-13-18-10-4-6-15-7-11(10)19-13/h2-7H,1,14H2,(H,16,17)(H,18,19)/b5-3-. The van der Waals surface area contributed by atoms with Crippen molar-refractivity contribution in [2.45, 2.75) is 10.3 Å². The number of nitrogens with zero attached hydrogens (tertiary/aromatic N) is 3. The Morgan fingerprint density at radius 1 is 1.19 bits per heavy atom. The molecule has 3 heterocycles. The van der Waals surface area contributed by atoms with Gasteiger partial charge in [0.25, 0.3) is 0 Å². The lowest BCUT2D eigenvalue weighted by atomic mass is 10.3. The van der Waals surface area contributed by atoms with Gasteiger partial charge in [-0.25, -0.2) is 9.97 Å². The highest BCUT2D eigenvalue weighted by Gasteiger charge is 2.09. The van der Waals surface area contributed by atoms with Crippen molar-refractivity contribution in [1.29, 1.82) is 0 Å². The molecule has 0 unspecified atom stereocenters. The molecule has 0 atom stereocenters. The van der Waals surface area contributed by atoms with E-state index in [4.69, 9.17) is 5.73 Å². The second-order valence-corrected chi connectivity index (χ2v) is 6.11. The fourth-order valence-corrected chi connectivity index (χ4v) is 3.43. The highest BCUT2D eigenvalue weighted by molar-refractivity contribution is 8.76. The molecule has 0 radical (unpaired) electrons. The Labute approximate surface area is 128 Å². The van der Waals surface area contributed by atoms with Crippen LogP contribution in [0, 0.1) is 0 Å². The van der Waals surface area contributed by atoms with Gasteiger partial charge < -0.3 is 15.7 Å². The summed E-state index contributed by atoms with van der Waals surface area (Å²) in [5.74, 6) is 0. The first kappa shape index (κ1) is 13.8. The largest absolute Gasteiger partial charge is 0.405 e. The Kier molecular flexibility index (Phi) is 3.98. The molecule has 21 heavy (non-hydrogen) atoms. The maximum atomic E-state index is 5.41. The predicted molar refractivity (Wildman–Crippen MR) is 87.5 cm³/mol. The Morgan fingerprint density at radius 2 is 2.00 bits per heavy atom. The van der Waals surface area contributed by atoms with Gasteiger partial charge in [0.1, 0.15) is 0 Å². The van der Waals surface area contributed by atoms with E-state index in [-0.39, 0.29) is 0 Å². The topological polar surface area (TPSA) is 96.3 Å². The van der Waals surface area contributed by atoms with Crippen LogP contribution in [0.5, 0.6) is 0 Å². The molecule has 0 aliphatic carbocycles. The summed E-state index contributed by atoms with van der Waals surface area (Å²) < 4.78 is 0. The first-order chi connectivity index (χ1) is 10.3. The van der Waals surface area contributed by atoms with E-state index in [1.165, 1.54) is 27.8 Å². The average Bonchev–Trinajstić information content (AvgIpc) is 3.08. The third-order valence-corrected chi connectivity index (χ3v) is 4.64. The zero-order valence-corrected chi connectivity index (χ0v) is 12.5. The SMILES string of the molecule is C=Cc1nc(SSc2nc3ccncc3[nH]2)[nH]c1/C=C\N. The van der Waals surface area contributed by atoms with Crippen LogP contribution in [-0.2, 0) is 0 Å². The monoisotopic (exact) mass is 316 g/mol. The van der Waals surface area contributed by atoms with Gasteiger partial charge in [0.15, 0.2) is 10.3 Å². The number of hydrogen-bond donors (Lipinski definition) is 3. The number of pyridine rings is 1. The van der Waals surface area contributed by atoms with E-state index in [1.807, 2.05) is 6.07 Å². The van der Waals surface area contributed by atoms with Gasteiger partial charge in [-0.15, -0.1) is 0 Å². The molecule has 0 aliphatic rings. The normalized spacial score (nSPS) is 11.4. The zero-order valence-electron chi connectivity index (χ0n) is 10.9. The molecule has 3 aromatic rings. The molecule has 0 saturated carbocycles. The lowest BCUT2D eigenvalue weighted by Crippen LogP contribution is -1.80. The van der Waals surface area contributed by atoms with E-state index in [0.717, 1.165) is 32.7 Å². The third-order valence-electron chi connectivity index (χ3n) is 2.66. The Bertz CT molecular complexity index is 771. The smallest absolute Gasteiger partial charge is 0.177 e. The molecule has 4 N–H and O–H groups in total. The van der Waals surface area contributed by atoms with Gasteiger partial charge in [-0.3, -0.25) is 4.98 Å². The lowest BCUT2D eigenvalue weighted by Gasteiger charge is -1.92.